The third kappa shape index (κ3) is 5.27. The lowest BCUT2D eigenvalue weighted by molar-refractivity contribution is -0.203. The number of nitrogens with zero attached hydrogens (tertiary/aromatic N) is 5. The quantitative estimate of drug-likeness (QED) is 0.561. The summed E-state index contributed by atoms with van der Waals surface area (Å²) >= 11 is 0. The average Bonchev–Trinajstić information content (AvgIpc) is 3.18. The van der Waals surface area contributed by atoms with Crippen molar-refractivity contribution < 1.29 is 32.3 Å². The van der Waals surface area contributed by atoms with Gasteiger partial charge in [0.25, 0.3) is 5.56 Å². The summed E-state index contributed by atoms with van der Waals surface area (Å²) in [5.74, 6) is 3.70. The van der Waals surface area contributed by atoms with Crippen LogP contribution in [0.25, 0.3) is 0 Å². The van der Waals surface area contributed by atoms with Crippen LogP contribution < -0.4 is 30.3 Å². The third-order valence-electron chi connectivity index (χ3n) is 5.78. The molecule has 1 atom stereocenters. The second-order valence-electron chi connectivity index (χ2n) is 8.10. The largest absolute Gasteiger partial charge is 0.497 e. The van der Waals surface area contributed by atoms with Gasteiger partial charge in [-0.2, -0.15) is 18.2 Å². The minimum atomic E-state index is -5.27. The zero-order chi connectivity index (χ0) is 26.7. The first-order valence-electron chi connectivity index (χ1n) is 11.3. The number of ether oxygens (including phenoxy) is 2. The Labute approximate surface area is 210 Å². The molecule has 0 amide bonds. The van der Waals surface area contributed by atoms with Gasteiger partial charge in [0, 0.05) is 33.2 Å². The molecule has 2 aliphatic heterocycles. The van der Waals surface area contributed by atoms with Crippen molar-refractivity contribution in [1.82, 2.24) is 19.8 Å². The molecule has 2 aromatic rings. The normalized spacial score (nSPS) is 17.6. The van der Waals surface area contributed by atoms with Crippen molar-refractivity contribution in [2.45, 2.75) is 19.4 Å². The molecule has 14 heteroatoms. The van der Waals surface area contributed by atoms with Crippen LogP contribution in [0.15, 0.2) is 29.1 Å². The highest BCUT2D eigenvalue weighted by Crippen LogP contribution is 2.39. The number of hydrogen-bond acceptors (Lipinski definition) is 10. The summed E-state index contributed by atoms with van der Waals surface area (Å²) in [6.07, 6.45) is -6.35. The average molecular weight is 522 g/mol. The lowest BCUT2D eigenvalue weighted by atomic mass is 10.3. The minimum Gasteiger partial charge on any atom is -0.497 e. The Morgan fingerprint density at radius 1 is 1.19 bits per heavy atom. The summed E-state index contributed by atoms with van der Waals surface area (Å²) in [4.78, 5) is 37.9. The molecule has 1 fully saturated rings. The van der Waals surface area contributed by atoms with Gasteiger partial charge in [-0.1, -0.05) is 5.92 Å². The van der Waals surface area contributed by atoms with E-state index in [-0.39, 0.29) is 24.1 Å². The van der Waals surface area contributed by atoms with Gasteiger partial charge in [0.1, 0.15) is 11.5 Å². The Bertz CT molecular complexity index is 1270. The molecule has 11 nitrogen and oxygen atoms in total. The SMILES string of the molecule is CC#CCN1c2c(nc(Oc3ccc(OC)cc3)n(C)c2=O)N(OC(=O)C(F)(F)F)C1N1CCNCC1. The number of methoxy groups -OCH3 is 1. The Balaban J connectivity index is 1.83. The molecule has 4 rings (SSSR count). The first kappa shape index (κ1) is 26.1. The van der Waals surface area contributed by atoms with Gasteiger partial charge in [0.05, 0.1) is 13.7 Å². The standard InChI is InChI=1S/C23H25F3N6O5/c1-4-5-12-31-17-18(28-21(29(2)19(17)33)36-16-8-6-15(35-3)7-9-16)32(37-20(34)23(24,25)26)22(31)30-13-10-27-11-14-30/h6-9,22,27H,10-14H2,1-3H3. The van der Waals surface area contributed by atoms with Crippen LogP contribution in [0.1, 0.15) is 6.92 Å². The van der Waals surface area contributed by atoms with E-state index in [2.05, 4.69) is 22.1 Å². The van der Waals surface area contributed by atoms with Gasteiger partial charge in [0.15, 0.2) is 12.0 Å². The maximum atomic E-state index is 13.5. The molecule has 37 heavy (non-hydrogen) atoms. The van der Waals surface area contributed by atoms with Crippen molar-refractivity contribution in [2.24, 2.45) is 7.05 Å². The van der Waals surface area contributed by atoms with E-state index in [1.165, 1.54) is 19.1 Å². The second-order valence-corrected chi connectivity index (χ2v) is 8.10. The lowest BCUT2D eigenvalue weighted by Crippen LogP contribution is -2.61. The molecule has 1 unspecified atom stereocenters. The summed E-state index contributed by atoms with van der Waals surface area (Å²) in [5.41, 5.74) is -0.678. The number of fused-ring (bicyclic) bond motifs is 1. The van der Waals surface area contributed by atoms with Crippen LogP contribution in [-0.4, -0.2) is 72.7 Å². The topological polar surface area (TPSA) is 101 Å². The zero-order valence-corrected chi connectivity index (χ0v) is 20.3. The van der Waals surface area contributed by atoms with Crippen LogP contribution in [0.3, 0.4) is 0 Å². The molecule has 1 N–H and O–H groups in total. The number of benzene rings is 1. The molecule has 1 aromatic carbocycles. The zero-order valence-electron chi connectivity index (χ0n) is 20.3. The van der Waals surface area contributed by atoms with Crippen molar-refractivity contribution in [1.29, 1.82) is 0 Å². The van der Waals surface area contributed by atoms with E-state index in [0.717, 1.165) is 9.63 Å². The molecule has 2 aliphatic rings. The van der Waals surface area contributed by atoms with Gasteiger partial charge >= 0.3 is 18.2 Å². The van der Waals surface area contributed by atoms with Crippen LogP contribution in [-0.2, 0) is 16.7 Å². The molecule has 198 valence electrons. The third-order valence-corrected chi connectivity index (χ3v) is 5.78. The molecule has 0 saturated carbocycles. The summed E-state index contributed by atoms with van der Waals surface area (Å²) in [7, 11) is 2.92. The van der Waals surface area contributed by atoms with Crippen molar-refractivity contribution >= 4 is 17.5 Å². The summed E-state index contributed by atoms with van der Waals surface area (Å²) in [6, 6.07) is 6.19. The second kappa shape index (κ2) is 10.6. The smallest absolute Gasteiger partial charge is 0.493 e. The molecule has 3 heterocycles. The Morgan fingerprint density at radius 3 is 2.43 bits per heavy atom. The number of anilines is 2. The Kier molecular flexibility index (Phi) is 7.46. The van der Waals surface area contributed by atoms with Crippen LogP contribution in [0.2, 0.25) is 0 Å². The van der Waals surface area contributed by atoms with Crippen LogP contribution >= 0.6 is 0 Å². The molecule has 0 aliphatic carbocycles. The van der Waals surface area contributed by atoms with E-state index in [4.69, 9.17) is 14.3 Å². The van der Waals surface area contributed by atoms with Gasteiger partial charge in [-0.05, 0) is 31.2 Å². The number of piperazine rings is 1. The van der Waals surface area contributed by atoms with E-state index in [0.29, 0.717) is 37.7 Å². The maximum Gasteiger partial charge on any atom is 0.493 e. The summed E-state index contributed by atoms with van der Waals surface area (Å²) in [5, 5.41) is 3.88. The first-order valence-corrected chi connectivity index (χ1v) is 11.3. The van der Waals surface area contributed by atoms with Gasteiger partial charge in [0.2, 0.25) is 5.82 Å². The fraction of sp³-hybridized carbons (Fsp3) is 0.435. The highest BCUT2D eigenvalue weighted by Gasteiger charge is 2.50. The molecule has 0 radical (unpaired) electrons. The highest BCUT2D eigenvalue weighted by molar-refractivity contribution is 5.80. The number of hydroxylamine groups is 1. The Morgan fingerprint density at radius 2 is 1.84 bits per heavy atom. The Hall–Kier alpha value is -3.96. The minimum absolute atomic E-state index is 0.0201. The molecular formula is C23H25F3N6O5. The molecule has 1 aromatic heterocycles. The van der Waals surface area contributed by atoms with Gasteiger partial charge < -0.3 is 24.5 Å². The van der Waals surface area contributed by atoms with Crippen LogP contribution in [0.5, 0.6) is 17.5 Å². The monoisotopic (exact) mass is 522 g/mol. The van der Waals surface area contributed by atoms with E-state index >= 15 is 0 Å². The van der Waals surface area contributed by atoms with Crippen molar-refractivity contribution in [2.75, 3.05) is 49.8 Å². The summed E-state index contributed by atoms with van der Waals surface area (Å²) < 4.78 is 51.7. The number of aromatic nitrogens is 2. The number of rotatable bonds is 6. The van der Waals surface area contributed by atoms with Gasteiger partial charge in [-0.15, -0.1) is 11.0 Å². The fourth-order valence-electron chi connectivity index (χ4n) is 3.97. The maximum absolute atomic E-state index is 13.5. The number of halogens is 3. The number of carbonyl (C=O) groups excluding carboxylic acids is 1. The van der Waals surface area contributed by atoms with E-state index in [9.17, 15) is 22.8 Å². The van der Waals surface area contributed by atoms with E-state index in [1.54, 1.807) is 36.1 Å². The van der Waals surface area contributed by atoms with Crippen molar-refractivity contribution in [3.05, 3.63) is 34.6 Å². The first-order chi connectivity index (χ1) is 17.7. The molecule has 1 saturated heterocycles. The van der Waals surface area contributed by atoms with Crippen molar-refractivity contribution in [3.63, 3.8) is 0 Å². The predicted octanol–water partition coefficient (Wildman–Crippen LogP) is 1.44. The highest BCUT2D eigenvalue weighted by atomic mass is 19.4. The number of hydrogen-bond donors (Lipinski definition) is 1. The lowest BCUT2D eigenvalue weighted by Gasteiger charge is -2.40. The van der Waals surface area contributed by atoms with Crippen molar-refractivity contribution in [3.8, 4) is 29.4 Å². The van der Waals surface area contributed by atoms with Crippen LogP contribution in [0.4, 0.5) is 24.7 Å². The molecule has 0 bridgehead atoms. The number of carbonyl (C=O) groups is 1. The number of nitrogens with one attached hydrogen (secondary N) is 1. The van der Waals surface area contributed by atoms with E-state index < -0.39 is 24.0 Å². The predicted molar refractivity (Wildman–Crippen MR) is 126 cm³/mol. The molecular weight excluding hydrogens is 497 g/mol. The summed E-state index contributed by atoms with van der Waals surface area (Å²) in [6.45, 7) is 3.47. The van der Waals surface area contributed by atoms with Gasteiger partial charge in [-0.25, -0.2) is 4.79 Å². The van der Waals surface area contributed by atoms with E-state index in [1.807, 2.05) is 0 Å². The molecule has 0 spiro atoms. The van der Waals surface area contributed by atoms with Gasteiger partial charge in [-0.3, -0.25) is 14.3 Å². The fourth-order valence-corrected chi connectivity index (χ4v) is 3.97. The number of alkyl halides is 3. The van der Waals surface area contributed by atoms with Crippen LogP contribution in [0, 0.1) is 11.8 Å².